The first-order valence-corrected chi connectivity index (χ1v) is 13.5. The molecule has 190 valence electrons. The van der Waals surface area contributed by atoms with Crippen LogP contribution in [0.2, 0.25) is 0 Å². The van der Waals surface area contributed by atoms with E-state index in [2.05, 4.69) is 45.9 Å². The molecule has 37 heavy (non-hydrogen) atoms. The van der Waals surface area contributed by atoms with Gasteiger partial charge in [0.25, 0.3) is 11.8 Å². The number of rotatable bonds is 6. The number of carbonyl (C=O) groups is 3. The molecule has 2 atom stereocenters. The van der Waals surface area contributed by atoms with Gasteiger partial charge in [0.2, 0.25) is 5.91 Å². The van der Waals surface area contributed by atoms with Crippen LogP contribution in [0.5, 0.6) is 0 Å². The summed E-state index contributed by atoms with van der Waals surface area (Å²) < 4.78 is 6.34. The Morgan fingerprint density at radius 3 is 2.76 bits per heavy atom. The summed E-state index contributed by atoms with van der Waals surface area (Å²) in [5, 5.41) is 4.49. The van der Waals surface area contributed by atoms with Gasteiger partial charge in [-0.15, -0.1) is 11.3 Å². The lowest BCUT2D eigenvalue weighted by Crippen LogP contribution is -2.43. The highest BCUT2D eigenvalue weighted by atomic mass is 32.1. The number of hydrogen-bond donors (Lipinski definition) is 1. The van der Waals surface area contributed by atoms with Crippen LogP contribution in [0.4, 0.5) is 0 Å². The molecule has 7 nitrogen and oxygen atoms in total. The van der Waals surface area contributed by atoms with Crippen LogP contribution in [-0.4, -0.2) is 46.7 Å². The topological polar surface area (TPSA) is 79.0 Å². The Kier molecular flexibility index (Phi) is 6.18. The van der Waals surface area contributed by atoms with Crippen molar-refractivity contribution < 1.29 is 19.1 Å². The number of benzene rings is 1. The van der Waals surface area contributed by atoms with Gasteiger partial charge in [-0.25, -0.2) is 0 Å². The molecular weight excluding hydrogens is 486 g/mol. The lowest BCUT2D eigenvalue weighted by molar-refractivity contribution is -0.133. The highest BCUT2D eigenvalue weighted by Gasteiger charge is 2.52. The summed E-state index contributed by atoms with van der Waals surface area (Å²) in [7, 11) is 0. The SMILES string of the molecule is CC12CN(C3=CCC(=O)NC3=O)C(=O)C1=CC=CC2OCc1ccc(CN2CCc3sccc3C2)cc1. The fourth-order valence-electron chi connectivity index (χ4n) is 5.66. The molecule has 2 aromatic rings. The second-order valence-electron chi connectivity index (χ2n) is 10.3. The Hall–Kier alpha value is -3.33. The molecule has 1 fully saturated rings. The van der Waals surface area contributed by atoms with Crippen molar-refractivity contribution in [3.05, 3.63) is 92.9 Å². The van der Waals surface area contributed by atoms with Crippen molar-refractivity contribution in [1.82, 2.24) is 15.1 Å². The minimum atomic E-state index is -0.594. The van der Waals surface area contributed by atoms with E-state index in [1.54, 1.807) is 0 Å². The number of hydrogen-bond acceptors (Lipinski definition) is 6. The molecule has 0 bridgehead atoms. The monoisotopic (exact) mass is 515 g/mol. The Morgan fingerprint density at radius 1 is 1.14 bits per heavy atom. The number of carbonyl (C=O) groups excluding carboxylic acids is 3. The second kappa shape index (κ2) is 9.52. The van der Waals surface area contributed by atoms with Crippen LogP contribution in [0.1, 0.15) is 34.9 Å². The third kappa shape index (κ3) is 4.50. The Morgan fingerprint density at radius 2 is 1.95 bits per heavy atom. The van der Waals surface area contributed by atoms with Crippen LogP contribution in [0.15, 0.2) is 71.3 Å². The van der Waals surface area contributed by atoms with Gasteiger partial charge in [0, 0.05) is 48.5 Å². The fourth-order valence-corrected chi connectivity index (χ4v) is 6.55. The molecule has 0 spiro atoms. The average Bonchev–Trinajstić information content (AvgIpc) is 3.45. The van der Waals surface area contributed by atoms with Crippen LogP contribution in [-0.2, 0) is 45.2 Å². The molecule has 1 saturated heterocycles. The predicted molar refractivity (Wildman–Crippen MR) is 140 cm³/mol. The molecular formula is C29H29N3O4S. The largest absolute Gasteiger partial charge is 0.368 e. The van der Waals surface area contributed by atoms with Gasteiger partial charge in [0.05, 0.1) is 12.7 Å². The summed E-state index contributed by atoms with van der Waals surface area (Å²) >= 11 is 1.86. The molecule has 8 heteroatoms. The molecule has 3 amide bonds. The first-order chi connectivity index (χ1) is 17.9. The minimum absolute atomic E-state index is 0.0849. The number of allylic oxidation sites excluding steroid dienone is 2. The van der Waals surface area contributed by atoms with Crippen LogP contribution >= 0.6 is 11.3 Å². The molecule has 1 aromatic carbocycles. The van der Waals surface area contributed by atoms with Crippen molar-refractivity contribution in [2.45, 2.75) is 45.6 Å². The maximum Gasteiger partial charge on any atom is 0.274 e. The van der Waals surface area contributed by atoms with Gasteiger partial charge >= 0.3 is 0 Å². The summed E-state index contributed by atoms with van der Waals surface area (Å²) in [6.07, 6.45) is 8.07. The van der Waals surface area contributed by atoms with Crippen molar-refractivity contribution in [3.8, 4) is 0 Å². The van der Waals surface area contributed by atoms with E-state index in [0.717, 1.165) is 31.6 Å². The van der Waals surface area contributed by atoms with E-state index in [-0.39, 0.29) is 30.0 Å². The van der Waals surface area contributed by atoms with E-state index in [1.165, 1.54) is 27.0 Å². The predicted octanol–water partition coefficient (Wildman–Crippen LogP) is 3.47. The number of likely N-dealkylation sites (tertiary alicyclic amines) is 1. The molecule has 3 aliphatic heterocycles. The Balaban J connectivity index is 1.09. The van der Waals surface area contributed by atoms with Crippen molar-refractivity contribution in [1.29, 1.82) is 0 Å². The fraction of sp³-hybridized carbons (Fsp3) is 0.345. The van der Waals surface area contributed by atoms with Gasteiger partial charge in [-0.1, -0.05) is 49.4 Å². The van der Waals surface area contributed by atoms with Gasteiger partial charge < -0.3 is 9.64 Å². The number of thiophene rings is 1. The van der Waals surface area contributed by atoms with E-state index in [9.17, 15) is 14.4 Å². The molecule has 0 saturated carbocycles. The maximum atomic E-state index is 13.2. The summed E-state index contributed by atoms with van der Waals surface area (Å²) in [5.41, 5.74) is 4.08. The van der Waals surface area contributed by atoms with Gasteiger partial charge in [-0.05, 0) is 40.6 Å². The lowest BCUT2D eigenvalue weighted by atomic mass is 9.76. The highest BCUT2D eigenvalue weighted by molar-refractivity contribution is 7.10. The summed E-state index contributed by atoms with van der Waals surface area (Å²) in [5.74, 6) is -1.10. The molecule has 6 rings (SSSR count). The normalized spacial score (nSPS) is 25.5. The molecule has 1 aliphatic carbocycles. The van der Waals surface area contributed by atoms with Gasteiger partial charge in [0.1, 0.15) is 5.70 Å². The first-order valence-electron chi connectivity index (χ1n) is 12.6. The summed E-state index contributed by atoms with van der Waals surface area (Å²) in [6.45, 7) is 5.77. The zero-order valence-corrected chi connectivity index (χ0v) is 21.6. The van der Waals surface area contributed by atoms with Crippen molar-refractivity contribution in [2.24, 2.45) is 5.41 Å². The van der Waals surface area contributed by atoms with Crippen molar-refractivity contribution in [3.63, 3.8) is 0 Å². The third-order valence-corrected chi connectivity index (χ3v) is 8.78. The zero-order chi connectivity index (χ0) is 25.6. The number of imide groups is 1. The van der Waals surface area contributed by atoms with E-state index in [4.69, 9.17) is 4.74 Å². The molecule has 0 radical (unpaired) electrons. The third-order valence-electron chi connectivity index (χ3n) is 7.76. The molecule has 2 unspecified atom stereocenters. The molecule has 1 N–H and O–H groups in total. The number of nitrogens with zero attached hydrogens (tertiary/aromatic N) is 2. The summed E-state index contributed by atoms with van der Waals surface area (Å²) in [4.78, 5) is 42.6. The second-order valence-corrected chi connectivity index (χ2v) is 11.3. The number of ether oxygens (including phenoxy) is 1. The Bertz CT molecular complexity index is 1360. The van der Waals surface area contributed by atoms with Crippen LogP contribution in [0, 0.1) is 5.41 Å². The van der Waals surface area contributed by atoms with Crippen molar-refractivity contribution in [2.75, 3.05) is 13.1 Å². The quantitative estimate of drug-likeness (QED) is 0.596. The van der Waals surface area contributed by atoms with Crippen molar-refractivity contribution >= 4 is 29.1 Å². The van der Waals surface area contributed by atoms with Gasteiger partial charge in [-0.3, -0.25) is 24.6 Å². The number of amides is 3. The van der Waals surface area contributed by atoms with E-state index >= 15 is 0 Å². The van der Waals surface area contributed by atoms with Crippen LogP contribution in [0.25, 0.3) is 0 Å². The standard InChI is InChI=1S/C29H29N3O4S/c1-29-18-32(23-9-10-26(33)30-27(23)34)28(35)22(29)3-2-4-25(29)36-17-20-7-5-19(6-8-20)15-31-13-11-24-21(16-31)12-14-37-24/h2-9,12,14,25H,10-11,13,15-18H2,1H3,(H,30,33,34). The maximum absolute atomic E-state index is 13.2. The minimum Gasteiger partial charge on any atom is -0.368 e. The van der Waals surface area contributed by atoms with Gasteiger partial charge in [-0.2, -0.15) is 0 Å². The average molecular weight is 516 g/mol. The van der Waals surface area contributed by atoms with Gasteiger partial charge in [0.15, 0.2) is 0 Å². The smallest absolute Gasteiger partial charge is 0.274 e. The zero-order valence-electron chi connectivity index (χ0n) is 20.7. The molecule has 1 aromatic heterocycles. The first kappa shape index (κ1) is 24.0. The highest BCUT2D eigenvalue weighted by Crippen LogP contribution is 2.45. The number of fused-ring (bicyclic) bond motifs is 2. The van der Waals surface area contributed by atoms with E-state index in [0.29, 0.717) is 18.7 Å². The van der Waals surface area contributed by atoms with Crippen LogP contribution in [0.3, 0.4) is 0 Å². The van der Waals surface area contributed by atoms with E-state index in [1.807, 2.05) is 36.5 Å². The Labute approximate surface area is 220 Å². The van der Waals surface area contributed by atoms with E-state index < -0.39 is 11.3 Å². The summed E-state index contributed by atoms with van der Waals surface area (Å²) in [6, 6.07) is 10.8. The molecule has 4 aliphatic rings. The lowest BCUT2D eigenvalue weighted by Gasteiger charge is -2.34. The molecule has 4 heterocycles. The number of nitrogens with one attached hydrogen (secondary N) is 1. The van der Waals surface area contributed by atoms with Crippen LogP contribution < -0.4 is 5.32 Å².